The minimum absolute atomic E-state index is 0.463. The summed E-state index contributed by atoms with van der Waals surface area (Å²) in [5.41, 5.74) is 1.40. The molecule has 0 amide bonds. The van der Waals surface area contributed by atoms with Gasteiger partial charge in [0.1, 0.15) is 0 Å². The van der Waals surface area contributed by atoms with Gasteiger partial charge in [0.15, 0.2) is 0 Å². The Kier molecular flexibility index (Phi) is 5.39. The Labute approximate surface area is 125 Å². The average molecular weight is 326 g/mol. The molecule has 1 saturated heterocycles. The molecule has 1 fully saturated rings. The number of rotatable bonds is 4. The molecule has 4 heteroatoms. The van der Waals surface area contributed by atoms with Crippen molar-refractivity contribution in [3.63, 3.8) is 0 Å². The van der Waals surface area contributed by atoms with E-state index < -0.39 is 0 Å². The lowest BCUT2D eigenvalue weighted by atomic mass is 10.0. The molecule has 19 heavy (non-hydrogen) atoms. The van der Waals surface area contributed by atoms with Crippen molar-refractivity contribution in [2.75, 3.05) is 40.3 Å². The maximum absolute atomic E-state index is 3.59. The molecule has 3 nitrogen and oxygen atoms in total. The fourth-order valence-corrected chi connectivity index (χ4v) is 3.20. The molecule has 106 valence electrons. The largest absolute Gasteiger partial charge is 0.314 e. The Hall–Kier alpha value is -0.420. The number of hydrogen-bond acceptors (Lipinski definition) is 3. The van der Waals surface area contributed by atoms with Crippen LogP contribution in [0.2, 0.25) is 0 Å². The Morgan fingerprint density at radius 2 is 2.26 bits per heavy atom. The Morgan fingerprint density at radius 3 is 2.89 bits per heavy atom. The number of nitrogens with one attached hydrogen (secondary N) is 1. The van der Waals surface area contributed by atoms with E-state index in [2.05, 4.69) is 76.3 Å². The van der Waals surface area contributed by atoms with E-state index in [1.807, 2.05) is 0 Å². The number of piperazine rings is 1. The smallest absolute Gasteiger partial charge is 0.0479 e. The lowest BCUT2D eigenvalue weighted by Crippen LogP contribution is -2.52. The van der Waals surface area contributed by atoms with Crippen LogP contribution < -0.4 is 5.32 Å². The molecule has 0 spiro atoms. The first kappa shape index (κ1) is 15.0. The second-order valence-corrected chi connectivity index (χ2v) is 6.54. The third-order valence-electron chi connectivity index (χ3n) is 3.72. The summed E-state index contributed by atoms with van der Waals surface area (Å²) in [7, 11) is 4.30. The second kappa shape index (κ2) is 6.84. The van der Waals surface area contributed by atoms with Crippen LogP contribution in [0.15, 0.2) is 28.7 Å². The maximum Gasteiger partial charge on any atom is 0.0479 e. The van der Waals surface area contributed by atoms with Crippen LogP contribution in [0, 0.1) is 0 Å². The summed E-state index contributed by atoms with van der Waals surface area (Å²) < 4.78 is 1.16. The first-order chi connectivity index (χ1) is 9.08. The van der Waals surface area contributed by atoms with Crippen molar-refractivity contribution in [1.82, 2.24) is 15.1 Å². The van der Waals surface area contributed by atoms with E-state index in [-0.39, 0.29) is 0 Å². The zero-order valence-corrected chi connectivity index (χ0v) is 13.7. The van der Waals surface area contributed by atoms with Gasteiger partial charge in [-0.15, -0.1) is 0 Å². The van der Waals surface area contributed by atoms with Crippen molar-refractivity contribution in [3.05, 3.63) is 34.3 Å². The summed E-state index contributed by atoms with van der Waals surface area (Å²) in [5.74, 6) is 0. The molecule has 0 bridgehead atoms. The topological polar surface area (TPSA) is 18.5 Å². The minimum atomic E-state index is 0.463. The van der Waals surface area contributed by atoms with Gasteiger partial charge in [-0.25, -0.2) is 0 Å². The predicted octanol–water partition coefficient (Wildman–Crippen LogP) is 2.35. The van der Waals surface area contributed by atoms with Gasteiger partial charge in [0.2, 0.25) is 0 Å². The molecule has 1 aliphatic heterocycles. The first-order valence-electron chi connectivity index (χ1n) is 6.94. The van der Waals surface area contributed by atoms with Gasteiger partial charge in [-0.1, -0.05) is 28.1 Å². The molecule has 0 radical (unpaired) electrons. The zero-order valence-electron chi connectivity index (χ0n) is 12.1. The highest BCUT2D eigenvalue weighted by Crippen LogP contribution is 2.26. The van der Waals surface area contributed by atoms with E-state index >= 15 is 0 Å². The van der Waals surface area contributed by atoms with Crippen molar-refractivity contribution in [2.24, 2.45) is 0 Å². The minimum Gasteiger partial charge on any atom is -0.314 e. The number of hydrogen-bond donors (Lipinski definition) is 1. The van der Waals surface area contributed by atoms with Crippen LogP contribution in [-0.2, 0) is 0 Å². The van der Waals surface area contributed by atoms with Crippen LogP contribution in [0.5, 0.6) is 0 Å². The molecule has 2 unspecified atom stereocenters. The highest BCUT2D eigenvalue weighted by Gasteiger charge is 2.27. The summed E-state index contributed by atoms with van der Waals surface area (Å²) in [6, 6.07) is 9.77. The standard InChI is InChI=1S/C15H24BrN3/c1-12-10-17-7-8-19(12)15(11-18(2)3)13-5-4-6-14(16)9-13/h4-6,9,12,15,17H,7-8,10-11H2,1-3H3. The van der Waals surface area contributed by atoms with Crippen molar-refractivity contribution >= 4 is 15.9 Å². The molecule has 1 N–H and O–H groups in total. The Bertz CT molecular complexity index is 408. The van der Waals surface area contributed by atoms with Crippen LogP contribution in [-0.4, -0.2) is 56.1 Å². The van der Waals surface area contributed by atoms with Crippen molar-refractivity contribution in [1.29, 1.82) is 0 Å². The second-order valence-electron chi connectivity index (χ2n) is 5.62. The van der Waals surface area contributed by atoms with Gasteiger partial charge in [-0.05, 0) is 38.7 Å². The van der Waals surface area contributed by atoms with Gasteiger partial charge < -0.3 is 10.2 Å². The molecular formula is C15H24BrN3. The van der Waals surface area contributed by atoms with Gasteiger partial charge in [-0.2, -0.15) is 0 Å². The fraction of sp³-hybridized carbons (Fsp3) is 0.600. The molecule has 0 saturated carbocycles. The number of halogens is 1. The summed E-state index contributed by atoms with van der Waals surface area (Å²) >= 11 is 3.59. The molecule has 1 heterocycles. The zero-order chi connectivity index (χ0) is 13.8. The van der Waals surface area contributed by atoms with Crippen LogP contribution in [0.3, 0.4) is 0 Å². The summed E-state index contributed by atoms with van der Waals surface area (Å²) in [5, 5.41) is 3.47. The van der Waals surface area contributed by atoms with Gasteiger partial charge in [-0.3, -0.25) is 4.90 Å². The lowest BCUT2D eigenvalue weighted by Gasteiger charge is -2.41. The van der Waals surface area contributed by atoms with E-state index in [9.17, 15) is 0 Å². The number of benzene rings is 1. The van der Waals surface area contributed by atoms with Crippen LogP contribution >= 0.6 is 15.9 Å². The summed E-state index contributed by atoms with van der Waals surface area (Å²) in [6.45, 7) is 6.65. The number of likely N-dealkylation sites (N-methyl/N-ethyl adjacent to an activating group) is 1. The SMILES string of the molecule is CC1CNCCN1C(CN(C)C)c1cccc(Br)c1. The van der Waals surface area contributed by atoms with E-state index in [1.165, 1.54) is 5.56 Å². The quantitative estimate of drug-likeness (QED) is 0.916. The molecule has 0 aliphatic carbocycles. The van der Waals surface area contributed by atoms with Crippen molar-refractivity contribution < 1.29 is 0 Å². The third kappa shape index (κ3) is 4.02. The molecule has 1 aromatic rings. The van der Waals surface area contributed by atoms with E-state index in [4.69, 9.17) is 0 Å². The van der Waals surface area contributed by atoms with Gasteiger partial charge in [0.25, 0.3) is 0 Å². The first-order valence-corrected chi connectivity index (χ1v) is 7.74. The van der Waals surface area contributed by atoms with Crippen molar-refractivity contribution in [3.8, 4) is 0 Å². The molecule has 2 rings (SSSR count). The third-order valence-corrected chi connectivity index (χ3v) is 4.22. The predicted molar refractivity (Wildman–Crippen MR) is 84.5 cm³/mol. The van der Waals surface area contributed by atoms with Gasteiger partial charge in [0, 0.05) is 42.7 Å². The highest BCUT2D eigenvalue weighted by atomic mass is 79.9. The van der Waals surface area contributed by atoms with Gasteiger partial charge in [0.05, 0.1) is 0 Å². The molecule has 2 atom stereocenters. The Morgan fingerprint density at radius 1 is 1.47 bits per heavy atom. The Balaban J connectivity index is 2.24. The summed E-state index contributed by atoms with van der Waals surface area (Å²) in [4.78, 5) is 4.90. The summed E-state index contributed by atoms with van der Waals surface area (Å²) in [6.07, 6.45) is 0. The molecular weight excluding hydrogens is 302 g/mol. The van der Waals surface area contributed by atoms with E-state index in [0.717, 1.165) is 30.7 Å². The lowest BCUT2D eigenvalue weighted by molar-refractivity contribution is 0.0967. The monoisotopic (exact) mass is 325 g/mol. The molecule has 1 aromatic carbocycles. The maximum atomic E-state index is 3.59. The van der Waals surface area contributed by atoms with Crippen LogP contribution in [0.1, 0.15) is 18.5 Å². The molecule has 0 aromatic heterocycles. The normalized spacial score (nSPS) is 22.7. The van der Waals surface area contributed by atoms with Gasteiger partial charge >= 0.3 is 0 Å². The van der Waals surface area contributed by atoms with E-state index in [0.29, 0.717) is 12.1 Å². The van der Waals surface area contributed by atoms with Crippen molar-refractivity contribution in [2.45, 2.75) is 19.0 Å². The fourth-order valence-electron chi connectivity index (χ4n) is 2.78. The van der Waals surface area contributed by atoms with E-state index in [1.54, 1.807) is 0 Å². The number of nitrogens with zero attached hydrogens (tertiary/aromatic N) is 2. The van der Waals surface area contributed by atoms with Crippen LogP contribution in [0.25, 0.3) is 0 Å². The highest BCUT2D eigenvalue weighted by molar-refractivity contribution is 9.10. The van der Waals surface area contributed by atoms with Crippen LogP contribution in [0.4, 0.5) is 0 Å². The average Bonchev–Trinajstić information content (AvgIpc) is 2.37. The molecule has 1 aliphatic rings.